The van der Waals surface area contributed by atoms with E-state index >= 15 is 0 Å². The number of benzene rings is 1. The molecule has 0 bridgehead atoms. The Labute approximate surface area is 104 Å². The van der Waals surface area contributed by atoms with Crippen molar-refractivity contribution in [3.63, 3.8) is 0 Å². The number of aromatic nitrogens is 4. The zero-order valence-electron chi connectivity index (χ0n) is 9.54. The highest BCUT2D eigenvalue weighted by Gasteiger charge is 2.07. The molecule has 3 rings (SSSR count). The monoisotopic (exact) mass is 237 g/mol. The first-order valence-electron chi connectivity index (χ1n) is 5.52. The number of H-pyrrole nitrogens is 1. The number of hydrogen-bond donors (Lipinski definition) is 2. The molecule has 88 valence electrons. The van der Waals surface area contributed by atoms with Gasteiger partial charge < -0.3 is 5.73 Å². The summed E-state index contributed by atoms with van der Waals surface area (Å²) in [5.74, 6) is 1.83. The number of anilines is 1. The smallest absolute Gasteiger partial charge is 0.183 e. The Morgan fingerprint density at radius 3 is 2.50 bits per heavy atom. The zero-order chi connectivity index (χ0) is 12.4. The van der Waals surface area contributed by atoms with Gasteiger partial charge in [0.1, 0.15) is 5.82 Å². The summed E-state index contributed by atoms with van der Waals surface area (Å²) in [6.45, 7) is 0. The van der Waals surface area contributed by atoms with Gasteiger partial charge in [-0.3, -0.25) is 5.10 Å². The number of nitrogen functional groups attached to an aromatic ring is 1. The van der Waals surface area contributed by atoms with Crippen LogP contribution < -0.4 is 5.73 Å². The summed E-state index contributed by atoms with van der Waals surface area (Å²) in [6.07, 6.45) is 1.66. The van der Waals surface area contributed by atoms with Gasteiger partial charge in [-0.05, 0) is 12.1 Å². The Bertz CT molecular complexity index is 643. The van der Waals surface area contributed by atoms with Gasteiger partial charge in [0.15, 0.2) is 11.6 Å². The van der Waals surface area contributed by atoms with Crippen molar-refractivity contribution in [2.45, 2.75) is 0 Å². The maximum absolute atomic E-state index is 5.54. The first-order valence-corrected chi connectivity index (χ1v) is 5.52. The highest BCUT2D eigenvalue weighted by atomic mass is 15.2. The fourth-order valence-electron chi connectivity index (χ4n) is 1.65. The summed E-state index contributed by atoms with van der Waals surface area (Å²) in [7, 11) is 0. The van der Waals surface area contributed by atoms with Gasteiger partial charge >= 0.3 is 0 Å². The van der Waals surface area contributed by atoms with Gasteiger partial charge in [0, 0.05) is 17.3 Å². The van der Waals surface area contributed by atoms with E-state index in [1.54, 1.807) is 12.3 Å². The average Bonchev–Trinajstić information content (AvgIpc) is 2.90. The minimum Gasteiger partial charge on any atom is -0.384 e. The number of nitrogens with zero attached hydrogens (tertiary/aromatic N) is 3. The minimum atomic E-state index is 0.484. The van der Waals surface area contributed by atoms with Gasteiger partial charge in [-0.15, -0.1) is 0 Å². The molecular formula is C13H11N5. The molecule has 0 radical (unpaired) electrons. The van der Waals surface area contributed by atoms with E-state index in [4.69, 9.17) is 5.73 Å². The van der Waals surface area contributed by atoms with Crippen LogP contribution in [0.2, 0.25) is 0 Å². The van der Waals surface area contributed by atoms with Gasteiger partial charge in [0.05, 0.1) is 0 Å². The van der Waals surface area contributed by atoms with Crippen LogP contribution in [-0.4, -0.2) is 20.2 Å². The standard InChI is InChI=1S/C13H11N5/c14-11-7-6-10(8-15-11)13-16-12(17-18-13)9-4-2-1-3-5-9/h1-8H,(H2,14,15)(H,16,17,18). The molecule has 0 unspecified atom stereocenters. The van der Waals surface area contributed by atoms with Crippen molar-refractivity contribution in [2.24, 2.45) is 0 Å². The second-order valence-corrected chi connectivity index (χ2v) is 3.85. The fraction of sp³-hybridized carbons (Fsp3) is 0. The van der Waals surface area contributed by atoms with Crippen LogP contribution in [0.5, 0.6) is 0 Å². The van der Waals surface area contributed by atoms with E-state index in [-0.39, 0.29) is 0 Å². The molecule has 0 aliphatic carbocycles. The predicted octanol–water partition coefficient (Wildman–Crippen LogP) is 2.12. The number of rotatable bonds is 2. The first-order chi connectivity index (χ1) is 8.83. The third-order valence-electron chi connectivity index (χ3n) is 2.58. The third kappa shape index (κ3) is 1.93. The molecule has 18 heavy (non-hydrogen) atoms. The lowest BCUT2D eigenvalue weighted by Gasteiger charge is -1.95. The molecule has 3 N–H and O–H groups in total. The van der Waals surface area contributed by atoms with Gasteiger partial charge in [-0.1, -0.05) is 30.3 Å². The van der Waals surface area contributed by atoms with Crippen LogP contribution in [0.15, 0.2) is 48.7 Å². The fourth-order valence-corrected chi connectivity index (χ4v) is 1.65. The lowest BCUT2D eigenvalue weighted by Crippen LogP contribution is -1.89. The van der Waals surface area contributed by atoms with Gasteiger partial charge in [0.2, 0.25) is 0 Å². The number of nitrogens with two attached hydrogens (primary N) is 1. The normalized spacial score (nSPS) is 10.4. The highest BCUT2D eigenvalue weighted by Crippen LogP contribution is 2.19. The van der Waals surface area contributed by atoms with E-state index in [1.807, 2.05) is 36.4 Å². The van der Waals surface area contributed by atoms with Crippen molar-refractivity contribution in [1.82, 2.24) is 20.2 Å². The SMILES string of the molecule is Nc1ccc(-c2n[nH]c(-c3ccccc3)n2)cn1. The van der Waals surface area contributed by atoms with Crippen LogP contribution in [0.25, 0.3) is 22.8 Å². The van der Waals surface area contributed by atoms with E-state index < -0.39 is 0 Å². The Hall–Kier alpha value is -2.69. The Morgan fingerprint density at radius 2 is 1.78 bits per heavy atom. The summed E-state index contributed by atoms with van der Waals surface area (Å²) < 4.78 is 0. The molecular weight excluding hydrogens is 226 g/mol. The topological polar surface area (TPSA) is 80.5 Å². The van der Waals surface area contributed by atoms with E-state index in [0.29, 0.717) is 11.6 Å². The second-order valence-electron chi connectivity index (χ2n) is 3.85. The van der Waals surface area contributed by atoms with Crippen molar-refractivity contribution in [3.05, 3.63) is 48.7 Å². The molecule has 0 fully saturated rings. The van der Waals surface area contributed by atoms with Crippen molar-refractivity contribution < 1.29 is 0 Å². The molecule has 0 aliphatic rings. The predicted molar refractivity (Wildman–Crippen MR) is 69.5 cm³/mol. The number of pyridine rings is 1. The Kier molecular flexibility index (Phi) is 2.49. The number of aromatic amines is 1. The summed E-state index contributed by atoms with van der Waals surface area (Å²) in [4.78, 5) is 8.45. The highest BCUT2D eigenvalue weighted by molar-refractivity contribution is 5.60. The molecule has 0 aliphatic heterocycles. The molecule has 5 heteroatoms. The third-order valence-corrected chi connectivity index (χ3v) is 2.58. The Morgan fingerprint density at radius 1 is 0.944 bits per heavy atom. The zero-order valence-corrected chi connectivity index (χ0v) is 9.54. The summed E-state index contributed by atoms with van der Waals surface area (Å²) in [5.41, 5.74) is 7.38. The molecule has 3 aromatic rings. The van der Waals surface area contributed by atoms with E-state index in [9.17, 15) is 0 Å². The van der Waals surface area contributed by atoms with Gasteiger partial charge in [-0.2, -0.15) is 5.10 Å². The molecule has 0 saturated carbocycles. The van der Waals surface area contributed by atoms with Crippen molar-refractivity contribution in [2.75, 3.05) is 5.73 Å². The van der Waals surface area contributed by atoms with E-state index in [0.717, 1.165) is 17.0 Å². The van der Waals surface area contributed by atoms with E-state index in [1.165, 1.54) is 0 Å². The van der Waals surface area contributed by atoms with Crippen molar-refractivity contribution in [3.8, 4) is 22.8 Å². The maximum Gasteiger partial charge on any atom is 0.183 e. The molecule has 2 aromatic heterocycles. The number of hydrogen-bond acceptors (Lipinski definition) is 4. The molecule has 5 nitrogen and oxygen atoms in total. The lowest BCUT2D eigenvalue weighted by atomic mass is 10.2. The lowest BCUT2D eigenvalue weighted by molar-refractivity contribution is 1.10. The van der Waals surface area contributed by atoms with Gasteiger partial charge in [0.25, 0.3) is 0 Å². The van der Waals surface area contributed by atoms with Crippen molar-refractivity contribution >= 4 is 5.82 Å². The summed E-state index contributed by atoms with van der Waals surface area (Å²) >= 11 is 0. The quantitative estimate of drug-likeness (QED) is 0.715. The molecule has 0 saturated heterocycles. The molecule has 1 aromatic carbocycles. The molecule has 0 spiro atoms. The largest absolute Gasteiger partial charge is 0.384 e. The van der Waals surface area contributed by atoms with Crippen LogP contribution >= 0.6 is 0 Å². The Balaban J connectivity index is 1.97. The van der Waals surface area contributed by atoms with Gasteiger partial charge in [-0.25, -0.2) is 9.97 Å². The first kappa shape index (κ1) is 10.5. The van der Waals surface area contributed by atoms with Crippen molar-refractivity contribution in [1.29, 1.82) is 0 Å². The molecule has 0 amide bonds. The van der Waals surface area contributed by atoms with E-state index in [2.05, 4.69) is 20.2 Å². The van der Waals surface area contributed by atoms with Crippen LogP contribution in [0.1, 0.15) is 0 Å². The average molecular weight is 237 g/mol. The van der Waals surface area contributed by atoms with Crippen LogP contribution in [0.4, 0.5) is 5.82 Å². The summed E-state index contributed by atoms with van der Waals surface area (Å²) in [5, 5.41) is 7.09. The van der Waals surface area contributed by atoms with Crippen LogP contribution in [0, 0.1) is 0 Å². The van der Waals surface area contributed by atoms with Crippen LogP contribution in [-0.2, 0) is 0 Å². The maximum atomic E-state index is 5.54. The minimum absolute atomic E-state index is 0.484. The number of nitrogens with one attached hydrogen (secondary N) is 1. The molecule has 2 heterocycles. The summed E-state index contributed by atoms with van der Waals surface area (Å²) in [6, 6.07) is 13.4. The molecule has 0 atom stereocenters. The van der Waals surface area contributed by atoms with Crippen LogP contribution in [0.3, 0.4) is 0 Å². The second kappa shape index (κ2) is 4.29.